The summed E-state index contributed by atoms with van der Waals surface area (Å²) in [5, 5.41) is 3.87. The molecule has 8 nitrogen and oxygen atoms in total. The quantitative estimate of drug-likeness (QED) is 0.0422. The van der Waals surface area contributed by atoms with Gasteiger partial charge in [-0.1, -0.05) is 30.3 Å². The number of epoxide rings is 2. The summed E-state index contributed by atoms with van der Waals surface area (Å²) in [5.74, 6) is 1.40. The van der Waals surface area contributed by atoms with Crippen LogP contribution < -0.4 is 19.1 Å². The predicted octanol–water partition coefficient (Wildman–Crippen LogP) is 8.77. The summed E-state index contributed by atoms with van der Waals surface area (Å²) in [6, 6.07) is 30.1. The molecular formula is C42H43NO7. The van der Waals surface area contributed by atoms with Crippen LogP contribution in [0.15, 0.2) is 97.1 Å². The highest BCUT2D eigenvalue weighted by Crippen LogP contribution is 2.28. The third-order valence-electron chi connectivity index (χ3n) is 9.19. The Morgan fingerprint density at radius 1 is 0.640 bits per heavy atom. The van der Waals surface area contributed by atoms with Crippen LogP contribution in [-0.4, -0.2) is 57.1 Å². The fraction of sp³-hybridized carbons (Fsp3) is 0.333. The van der Waals surface area contributed by atoms with Gasteiger partial charge in [0.1, 0.15) is 17.2 Å². The number of anilines is 1. The van der Waals surface area contributed by atoms with E-state index in [4.69, 9.17) is 23.7 Å². The van der Waals surface area contributed by atoms with Gasteiger partial charge >= 0.3 is 5.97 Å². The summed E-state index contributed by atoms with van der Waals surface area (Å²) in [5.41, 5.74) is 1.66. The van der Waals surface area contributed by atoms with Gasteiger partial charge in [0, 0.05) is 23.9 Å². The molecule has 2 saturated heterocycles. The van der Waals surface area contributed by atoms with Crippen molar-refractivity contribution in [2.24, 2.45) is 0 Å². The van der Waals surface area contributed by atoms with Gasteiger partial charge in [0.2, 0.25) is 0 Å². The van der Waals surface area contributed by atoms with E-state index in [1.165, 1.54) is 0 Å². The maximum atomic E-state index is 13.7. The van der Waals surface area contributed by atoms with Gasteiger partial charge in [-0.3, -0.25) is 4.79 Å². The molecule has 5 aromatic carbocycles. The van der Waals surface area contributed by atoms with Crippen LogP contribution >= 0.6 is 0 Å². The van der Waals surface area contributed by atoms with E-state index >= 15 is 0 Å². The van der Waals surface area contributed by atoms with E-state index in [1.54, 1.807) is 29.2 Å². The lowest BCUT2D eigenvalue weighted by atomic mass is 10.1. The Bertz CT molecular complexity index is 1970. The van der Waals surface area contributed by atoms with E-state index in [1.807, 2.05) is 79.7 Å². The van der Waals surface area contributed by atoms with Crippen LogP contribution in [0.4, 0.5) is 5.69 Å². The molecule has 8 heteroatoms. The van der Waals surface area contributed by atoms with Crippen LogP contribution in [0.25, 0.3) is 21.5 Å². The SMILES string of the molecule is CCN(C(=O)c1ccc2cc(OCCCCC3CO3)ccc2c1)c1cccc(OC(=O)c2ccc3cc(OCCCCC4CO4)ccc3c2)c1. The fourth-order valence-electron chi connectivity index (χ4n) is 6.16. The summed E-state index contributed by atoms with van der Waals surface area (Å²) in [6.07, 6.45) is 7.30. The van der Waals surface area contributed by atoms with E-state index in [2.05, 4.69) is 0 Å². The van der Waals surface area contributed by atoms with Crippen LogP contribution in [0.5, 0.6) is 17.2 Å². The van der Waals surface area contributed by atoms with Crippen molar-refractivity contribution >= 4 is 39.1 Å². The van der Waals surface area contributed by atoms with E-state index in [9.17, 15) is 9.59 Å². The summed E-state index contributed by atoms with van der Waals surface area (Å²) in [7, 11) is 0. The van der Waals surface area contributed by atoms with Crippen molar-refractivity contribution < 1.29 is 33.3 Å². The lowest BCUT2D eigenvalue weighted by Gasteiger charge is -2.22. The van der Waals surface area contributed by atoms with E-state index in [0.29, 0.717) is 54.5 Å². The summed E-state index contributed by atoms with van der Waals surface area (Å²) in [6.45, 7) is 5.50. The van der Waals surface area contributed by atoms with Gasteiger partial charge in [-0.2, -0.15) is 0 Å². The highest BCUT2D eigenvalue weighted by molar-refractivity contribution is 6.08. The molecule has 5 aromatic rings. The molecule has 0 aliphatic carbocycles. The fourth-order valence-corrected chi connectivity index (χ4v) is 6.16. The smallest absolute Gasteiger partial charge is 0.343 e. The van der Waals surface area contributed by atoms with Gasteiger partial charge < -0.3 is 28.6 Å². The maximum Gasteiger partial charge on any atom is 0.343 e. The molecule has 0 bridgehead atoms. The highest BCUT2D eigenvalue weighted by atomic mass is 16.6. The molecule has 0 aromatic heterocycles. The zero-order valence-electron chi connectivity index (χ0n) is 28.5. The molecule has 0 N–H and O–H groups in total. The average molecular weight is 674 g/mol. The number of hydrogen-bond donors (Lipinski definition) is 0. The van der Waals surface area contributed by atoms with Crippen molar-refractivity contribution in [2.45, 2.75) is 57.7 Å². The van der Waals surface area contributed by atoms with Crippen molar-refractivity contribution in [2.75, 3.05) is 37.9 Å². The lowest BCUT2D eigenvalue weighted by molar-refractivity contribution is 0.0735. The Hall–Kier alpha value is -4.92. The van der Waals surface area contributed by atoms with Crippen molar-refractivity contribution in [3.63, 3.8) is 0 Å². The monoisotopic (exact) mass is 673 g/mol. The lowest BCUT2D eigenvalue weighted by Crippen LogP contribution is -2.30. The molecular weight excluding hydrogens is 630 g/mol. The van der Waals surface area contributed by atoms with Gasteiger partial charge in [-0.15, -0.1) is 0 Å². The Kier molecular flexibility index (Phi) is 10.6. The molecule has 0 saturated carbocycles. The van der Waals surface area contributed by atoms with Gasteiger partial charge in [-0.25, -0.2) is 4.79 Å². The number of fused-ring (bicyclic) bond motifs is 2. The second-order valence-electron chi connectivity index (χ2n) is 13.0. The number of rotatable bonds is 17. The average Bonchev–Trinajstić information content (AvgIpc) is 4.08. The maximum absolute atomic E-state index is 13.7. The molecule has 2 unspecified atom stereocenters. The zero-order chi connectivity index (χ0) is 34.3. The minimum absolute atomic E-state index is 0.136. The number of carbonyl (C=O) groups is 2. The number of carbonyl (C=O) groups excluding carboxylic acids is 2. The van der Waals surface area contributed by atoms with Crippen LogP contribution in [0.2, 0.25) is 0 Å². The number of amides is 1. The molecule has 7 rings (SSSR count). The second kappa shape index (κ2) is 15.7. The van der Waals surface area contributed by atoms with E-state index in [0.717, 1.165) is 84.8 Å². The first-order valence-corrected chi connectivity index (χ1v) is 17.7. The third-order valence-corrected chi connectivity index (χ3v) is 9.19. The molecule has 0 spiro atoms. The van der Waals surface area contributed by atoms with Crippen molar-refractivity contribution in [1.82, 2.24) is 0 Å². The van der Waals surface area contributed by atoms with Crippen molar-refractivity contribution in [3.8, 4) is 17.2 Å². The molecule has 2 aliphatic heterocycles. The molecule has 2 aliphatic rings. The van der Waals surface area contributed by atoms with Gasteiger partial charge in [0.15, 0.2) is 0 Å². The van der Waals surface area contributed by atoms with Crippen LogP contribution in [0.1, 0.15) is 66.2 Å². The van der Waals surface area contributed by atoms with Crippen molar-refractivity contribution in [3.05, 3.63) is 108 Å². The highest BCUT2D eigenvalue weighted by Gasteiger charge is 2.22. The number of unbranched alkanes of at least 4 members (excludes halogenated alkanes) is 2. The first-order valence-electron chi connectivity index (χ1n) is 17.7. The Labute approximate surface area is 292 Å². The molecule has 258 valence electrons. The minimum Gasteiger partial charge on any atom is -0.494 e. The standard InChI is InChI=1S/C42H43NO7/c1-2-43(41(44)33-14-12-31-24-36(18-16-29(31)22-33)46-20-5-3-9-39-27-48-39)35-8-7-11-38(26-35)50-42(45)34-15-13-32-25-37(19-17-30(32)23-34)47-21-6-4-10-40-28-49-40/h7-8,11-19,22-26,39-40H,2-6,9-10,20-21,27-28H2,1H3. The first kappa shape index (κ1) is 33.6. The first-order chi connectivity index (χ1) is 24.5. The van der Waals surface area contributed by atoms with E-state index < -0.39 is 5.97 Å². The van der Waals surface area contributed by atoms with Crippen molar-refractivity contribution in [1.29, 1.82) is 0 Å². The summed E-state index contributed by atoms with van der Waals surface area (Å²) < 4.78 is 28.2. The van der Waals surface area contributed by atoms with Crippen LogP contribution in [0.3, 0.4) is 0 Å². The second-order valence-corrected chi connectivity index (χ2v) is 13.0. The molecule has 0 radical (unpaired) electrons. The number of nitrogens with zero attached hydrogens (tertiary/aromatic N) is 1. The van der Waals surface area contributed by atoms with Gasteiger partial charge in [0.25, 0.3) is 5.91 Å². The third kappa shape index (κ3) is 8.80. The Morgan fingerprint density at radius 2 is 1.18 bits per heavy atom. The minimum atomic E-state index is -0.468. The zero-order valence-corrected chi connectivity index (χ0v) is 28.5. The predicted molar refractivity (Wildman–Crippen MR) is 195 cm³/mol. The van der Waals surface area contributed by atoms with Gasteiger partial charge in [-0.05, 0) is 128 Å². The molecule has 2 fully saturated rings. The number of esters is 1. The molecule has 50 heavy (non-hydrogen) atoms. The largest absolute Gasteiger partial charge is 0.494 e. The Balaban J connectivity index is 0.957. The normalized spacial score (nSPS) is 16.3. The molecule has 2 heterocycles. The summed E-state index contributed by atoms with van der Waals surface area (Å²) >= 11 is 0. The van der Waals surface area contributed by atoms with Crippen LogP contribution in [0, 0.1) is 0 Å². The van der Waals surface area contributed by atoms with Crippen LogP contribution in [-0.2, 0) is 9.47 Å². The topological polar surface area (TPSA) is 90.1 Å². The summed E-state index contributed by atoms with van der Waals surface area (Å²) in [4.78, 5) is 28.6. The molecule has 1 amide bonds. The molecule has 2 atom stereocenters. The number of ether oxygens (including phenoxy) is 5. The van der Waals surface area contributed by atoms with Gasteiger partial charge in [0.05, 0.1) is 44.2 Å². The number of benzene rings is 5. The van der Waals surface area contributed by atoms with E-state index in [-0.39, 0.29) is 5.91 Å². The number of hydrogen-bond acceptors (Lipinski definition) is 7. The Morgan fingerprint density at radius 3 is 1.76 bits per heavy atom.